The van der Waals surface area contributed by atoms with E-state index in [-0.39, 0.29) is 24.5 Å². The number of ether oxygens (including phenoxy) is 1. The number of aliphatic hydroxyl groups excluding tert-OH is 1. The van der Waals surface area contributed by atoms with Gasteiger partial charge in [0.1, 0.15) is 18.5 Å². The average Bonchev–Trinajstić information content (AvgIpc) is 2.57. The van der Waals surface area contributed by atoms with Crippen LogP contribution in [0.3, 0.4) is 0 Å². The molecule has 0 spiro atoms. The molecule has 28 heavy (non-hydrogen) atoms. The van der Waals surface area contributed by atoms with Crippen LogP contribution in [0.25, 0.3) is 0 Å². The van der Waals surface area contributed by atoms with Crippen molar-refractivity contribution in [3.05, 3.63) is 17.7 Å². The topological polar surface area (TPSA) is 117 Å². The van der Waals surface area contributed by atoms with E-state index in [9.17, 15) is 18.3 Å². The maximum absolute atomic E-state index is 12.3. The summed E-state index contributed by atoms with van der Waals surface area (Å²) in [6.07, 6.45) is -0.0510. The third kappa shape index (κ3) is 6.08. The van der Waals surface area contributed by atoms with Crippen molar-refractivity contribution in [3.63, 3.8) is 0 Å². The number of hydrogen-bond donors (Lipinski definition) is 4. The molecule has 1 aromatic rings. The molecule has 1 atom stereocenters. The maximum Gasteiger partial charge on any atom is 0.235 e. The summed E-state index contributed by atoms with van der Waals surface area (Å²) >= 11 is 0. The number of sulfonamides is 1. The molecule has 1 aromatic carbocycles. The molecule has 0 aliphatic carbocycles. The molecule has 1 aliphatic heterocycles. The van der Waals surface area contributed by atoms with E-state index in [1.807, 2.05) is 20.8 Å². The molecule has 158 valence electrons. The number of benzene rings is 1. The van der Waals surface area contributed by atoms with Crippen molar-refractivity contribution in [2.75, 3.05) is 23.2 Å². The molecule has 1 unspecified atom stereocenters. The molecule has 8 nitrogen and oxygen atoms in total. The summed E-state index contributed by atoms with van der Waals surface area (Å²) in [5, 5.41) is 15.6. The summed E-state index contributed by atoms with van der Waals surface area (Å²) in [5.74, 6) is 0.250. The number of rotatable bonds is 8. The fourth-order valence-corrected chi connectivity index (χ4v) is 3.33. The zero-order valence-corrected chi connectivity index (χ0v) is 17.9. The van der Waals surface area contributed by atoms with Crippen molar-refractivity contribution in [2.45, 2.75) is 64.4 Å². The van der Waals surface area contributed by atoms with Gasteiger partial charge in [-0.25, -0.2) is 8.42 Å². The number of carbonyl (C=O) groups excluding carboxylic acids is 1. The monoisotopic (exact) mass is 413 g/mol. The van der Waals surface area contributed by atoms with Gasteiger partial charge in [0.2, 0.25) is 15.9 Å². The van der Waals surface area contributed by atoms with Crippen molar-refractivity contribution in [1.29, 1.82) is 0 Å². The Balaban J connectivity index is 2.25. The summed E-state index contributed by atoms with van der Waals surface area (Å²) in [7, 11) is -3.57. The minimum atomic E-state index is -3.57. The minimum Gasteiger partial charge on any atom is -0.488 e. The molecule has 0 saturated heterocycles. The standard InChI is InChI=1S/C19H31N3O5S/c1-12(2)28(25,26)22-16-8-7-15-14(6-9-17(24)21-15)18(16)27-11-13(23)10-20-19(3,4)5/h7-8,12-13,20,22-23H,6,9-11H2,1-5H3,(H,21,24). The van der Waals surface area contributed by atoms with Crippen LogP contribution >= 0.6 is 0 Å². The van der Waals surface area contributed by atoms with Crippen LogP contribution in [0.15, 0.2) is 12.1 Å². The lowest BCUT2D eigenvalue weighted by Gasteiger charge is -2.26. The molecule has 1 heterocycles. The van der Waals surface area contributed by atoms with E-state index < -0.39 is 21.4 Å². The predicted molar refractivity (Wildman–Crippen MR) is 110 cm³/mol. The molecule has 1 aliphatic rings. The number of β-amino-alcohol motifs (C(OH)–C–C–N with tert-alkyl or cyclic N) is 1. The van der Waals surface area contributed by atoms with E-state index in [0.29, 0.717) is 30.1 Å². The molecule has 0 bridgehead atoms. The zero-order chi connectivity index (χ0) is 21.1. The predicted octanol–water partition coefficient (Wildman–Crippen LogP) is 1.85. The normalized spacial score (nSPS) is 15.8. The van der Waals surface area contributed by atoms with Gasteiger partial charge in [-0.2, -0.15) is 0 Å². The molecule has 4 N–H and O–H groups in total. The van der Waals surface area contributed by atoms with Crippen LogP contribution in [0.4, 0.5) is 11.4 Å². The first-order chi connectivity index (χ1) is 12.9. The van der Waals surface area contributed by atoms with Gasteiger partial charge in [-0.05, 0) is 53.2 Å². The smallest absolute Gasteiger partial charge is 0.235 e. The second-order valence-corrected chi connectivity index (χ2v) is 10.5. The Bertz CT molecular complexity index is 816. The Labute approximate surface area is 167 Å². The second-order valence-electron chi connectivity index (χ2n) is 8.31. The number of anilines is 2. The second kappa shape index (κ2) is 8.67. The number of amides is 1. The lowest BCUT2D eigenvalue weighted by Crippen LogP contribution is -2.42. The van der Waals surface area contributed by atoms with Gasteiger partial charge in [0.25, 0.3) is 0 Å². The first-order valence-corrected chi connectivity index (χ1v) is 11.0. The molecule has 0 radical (unpaired) electrons. The third-order valence-electron chi connectivity index (χ3n) is 4.30. The van der Waals surface area contributed by atoms with E-state index >= 15 is 0 Å². The molecule has 0 aromatic heterocycles. The Hall–Kier alpha value is -1.84. The van der Waals surface area contributed by atoms with Crippen LogP contribution in [0.5, 0.6) is 5.75 Å². The van der Waals surface area contributed by atoms with Gasteiger partial charge in [-0.15, -0.1) is 0 Å². The van der Waals surface area contributed by atoms with Crippen molar-refractivity contribution in [3.8, 4) is 5.75 Å². The van der Waals surface area contributed by atoms with Gasteiger partial charge in [-0.1, -0.05) is 0 Å². The Morgan fingerprint density at radius 1 is 1.25 bits per heavy atom. The summed E-state index contributed by atoms with van der Waals surface area (Å²) < 4.78 is 33.1. The molecule has 9 heteroatoms. The summed E-state index contributed by atoms with van der Waals surface area (Å²) in [6, 6.07) is 3.23. The Morgan fingerprint density at radius 2 is 1.93 bits per heavy atom. The number of fused-ring (bicyclic) bond motifs is 1. The van der Waals surface area contributed by atoms with Crippen LogP contribution in [-0.4, -0.2) is 49.5 Å². The molecule has 0 saturated carbocycles. The van der Waals surface area contributed by atoms with Gasteiger partial charge in [-0.3, -0.25) is 9.52 Å². The van der Waals surface area contributed by atoms with Gasteiger partial charge in [0, 0.05) is 29.8 Å². The van der Waals surface area contributed by atoms with Crippen LogP contribution in [0, 0.1) is 0 Å². The van der Waals surface area contributed by atoms with E-state index in [4.69, 9.17) is 4.74 Å². The maximum atomic E-state index is 12.3. The molecule has 0 fully saturated rings. The lowest BCUT2D eigenvalue weighted by molar-refractivity contribution is -0.116. The summed E-state index contributed by atoms with van der Waals surface area (Å²) in [5.41, 5.74) is 1.48. The third-order valence-corrected chi connectivity index (χ3v) is 6.04. The van der Waals surface area contributed by atoms with Crippen molar-refractivity contribution in [1.82, 2.24) is 5.32 Å². The number of nitrogens with one attached hydrogen (secondary N) is 3. The Kier molecular flexibility index (Phi) is 6.95. The minimum absolute atomic E-state index is 0.0100. The first-order valence-electron chi connectivity index (χ1n) is 9.42. The van der Waals surface area contributed by atoms with E-state index in [2.05, 4.69) is 15.4 Å². The van der Waals surface area contributed by atoms with Gasteiger partial charge < -0.3 is 20.5 Å². The van der Waals surface area contributed by atoms with Crippen molar-refractivity contribution >= 4 is 27.3 Å². The van der Waals surface area contributed by atoms with Crippen LogP contribution < -0.4 is 20.1 Å². The van der Waals surface area contributed by atoms with Gasteiger partial charge in [0.15, 0.2) is 0 Å². The number of hydrogen-bond acceptors (Lipinski definition) is 6. The SMILES string of the molecule is CC(C)S(=O)(=O)Nc1ccc2c(c1OCC(O)CNC(C)(C)C)CCC(=O)N2. The largest absolute Gasteiger partial charge is 0.488 e. The molecule has 1 amide bonds. The summed E-state index contributed by atoms with van der Waals surface area (Å²) in [4.78, 5) is 11.7. The Morgan fingerprint density at radius 3 is 2.54 bits per heavy atom. The van der Waals surface area contributed by atoms with Crippen LogP contribution in [0.1, 0.15) is 46.6 Å². The fraction of sp³-hybridized carbons (Fsp3) is 0.632. The number of carbonyl (C=O) groups is 1. The van der Waals surface area contributed by atoms with E-state index in [1.165, 1.54) is 0 Å². The molecular formula is C19H31N3O5S. The van der Waals surface area contributed by atoms with Crippen LogP contribution in [-0.2, 0) is 21.2 Å². The van der Waals surface area contributed by atoms with Crippen molar-refractivity contribution in [2.24, 2.45) is 0 Å². The zero-order valence-electron chi connectivity index (χ0n) is 17.1. The highest BCUT2D eigenvalue weighted by Gasteiger charge is 2.25. The average molecular weight is 414 g/mol. The van der Waals surface area contributed by atoms with E-state index in [0.717, 1.165) is 5.56 Å². The number of aliphatic hydroxyl groups is 1. The van der Waals surface area contributed by atoms with Gasteiger partial charge in [0.05, 0.1) is 10.9 Å². The lowest BCUT2D eigenvalue weighted by atomic mass is 10.0. The molecule has 2 rings (SSSR count). The van der Waals surface area contributed by atoms with Gasteiger partial charge >= 0.3 is 0 Å². The van der Waals surface area contributed by atoms with E-state index in [1.54, 1.807) is 26.0 Å². The highest BCUT2D eigenvalue weighted by Crippen LogP contribution is 2.38. The quantitative estimate of drug-likeness (QED) is 0.517. The highest BCUT2D eigenvalue weighted by molar-refractivity contribution is 7.93. The highest BCUT2D eigenvalue weighted by atomic mass is 32.2. The van der Waals surface area contributed by atoms with Crippen molar-refractivity contribution < 1.29 is 23.1 Å². The summed E-state index contributed by atoms with van der Waals surface area (Å²) in [6.45, 7) is 9.49. The fourth-order valence-electron chi connectivity index (χ4n) is 2.62. The van der Waals surface area contributed by atoms with Crippen LogP contribution in [0.2, 0.25) is 0 Å². The molecular weight excluding hydrogens is 382 g/mol. The first kappa shape index (κ1) is 22.4.